The number of hydrogen-bond acceptors (Lipinski definition) is 2. The molecule has 14 heavy (non-hydrogen) atoms. The van der Waals surface area contributed by atoms with E-state index in [1.54, 1.807) is 19.1 Å². The number of halogens is 4. The molecule has 1 rings (SSSR count). The fourth-order valence-corrected chi connectivity index (χ4v) is 1.25. The van der Waals surface area contributed by atoms with Gasteiger partial charge in [-0.3, -0.25) is 5.32 Å². The molecule has 6 heteroatoms. The van der Waals surface area contributed by atoms with Crippen LogP contribution in [0.25, 0.3) is 0 Å². The molecule has 2 nitrogen and oxygen atoms in total. The molecule has 1 heterocycles. The summed E-state index contributed by atoms with van der Waals surface area (Å²) in [4.78, 5) is 0. The average molecular weight is 272 g/mol. The standard InChI is InChI=1S/C8H9BrF3NO/c1-5(13-4-8(10,11)12)6-2-3-7(9)14-6/h2-3,5,13H,4H2,1H3. The van der Waals surface area contributed by atoms with Crippen molar-refractivity contribution in [2.45, 2.75) is 19.1 Å². The van der Waals surface area contributed by atoms with Crippen molar-refractivity contribution >= 4 is 15.9 Å². The Morgan fingerprint density at radius 1 is 1.50 bits per heavy atom. The van der Waals surface area contributed by atoms with Gasteiger partial charge in [0.15, 0.2) is 4.67 Å². The van der Waals surface area contributed by atoms with E-state index in [1.807, 2.05) is 0 Å². The Morgan fingerprint density at radius 3 is 2.57 bits per heavy atom. The molecular weight excluding hydrogens is 263 g/mol. The summed E-state index contributed by atoms with van der Waals surface area (Å²) in [5.74, 6) is 0.473. The van der Waals surface area contributed by atoms with Crippen LogP contribution < -0.4 is 5.32 Å². The second-order valence-corrected chi connectivity index (χ2v) is 3.64. The van der Waals surface area contributed by atoms with E-state index in [0.717, 1.165) is 0 Å². The second kappa shape index (κ2) is 4.35. The number of rotatable bonds is 3. The first-order chi connectivity index (χ1) is 6.38. The molecule has 1 aromatic heterocycles. The third-order valence-corrected chi connectivity index (χ3v) is 2.06. The van der Waals surface area contributed by atoms with Gasteiger partial charge in [-0.2, -0.15) is 13.2 Å². The Hall–Kier alpha value is -0.490. The van der Waals surface area contributed by atoms with E-state index >= 15 is 0 Å². The number of nitrogens with one attached hydrogen (secondary N) is 1. The molecule has 0 aliphatic heterocycles. The molecule has 0 saturated heterocycles. The van der Waals surface area contributed by atoms with Crippen LogP contribution in [0.4, 0.5) is 13.2 Å². The van der Waals surface area contributed by atoms with E-state index in [-0.39, 0.29) is 0 Å². The third kappa shape index (κ3) is 3.71. The highest BCUT2D eigenvalue weighted by Gasteiger charge is 2.27. The molecule has 0 bridgehead atoms. The fraction of sp³-hybridized carbons (Fsp3) is 0.500. The lowest BCUT2D eigenvalue weighted by atomic mass is 10.2. The average Bonchev–Trinajstić information content (AvgIpc) is 2.46. The van der Waals surface area contributed by atoms with Crippen LogP contribution in [0.1, 0.15) is 18.7 Å². The molecule has 80 valence electrons. The molecule has 1 aromatic rings. The minimum absolute atomic E-state index is 0.456. The van der Waals surface area contributed by atoms with Gasteiger partial charge in [-0.25, -0.2) is 0 Å². The Morgan fingerprint density at radius 2 is 2.14 bits per heavy atom. The summed E-state index contributed by atoms with van der Waals surface area (Å²) in [6.45, 7) is 0.587. The van der Waals surface area contributed by atoms with Crippen molar-refractivity contribution < 1.29 is 17.6 Å². The van der Waals surface area contributed by atoms with Crippen LogP contribution >= 0.6 is 15.9 Å². The molecule has 0 aliphatic carbocycles. The Balaban J connectivity index is 2.47. The molecule has 0 radical (unpaired) electrons. The van der Waals surface area contributed by atoms with E-state index < -0.39 is 18.8 Å². The summed E-state index contributed by atoms with van der Waals surface area (Å²) in [5, 5.41) is 2.31. The highest BCUT2D eigenvalue weighted by atomic mass is 79.9. The monoisotopic (exact) mass is 271 g/mol. The predicted molar refractivity (Wildman–Crippen MR) is 48.9 cm³/mol. The van der Waals surface area contributed by atoms with Crippen molar-refractivity contribution in [2.24, 2.45) is 0 Å². The van der Waals surface area contributed by atoms with Gasteiger partial charge in [0.1, 0.15) is 5.76 Å². The van der Waals surface area contributed by atoms with E-state index in [2.05, 4.69) is 21.2 Å². The maximum Gasteiger partial charge on any atom is 0.401 e. The topological polar surface area (TPSA) is 25.2 Å². The van der Waals surface area contributed by atoms with Gasteiger partial charge in [0.05, 0.1) is 12.6 Å². The zero-order chi connectivity index (χ0) is 10.8. The number of hydrogen-bond donors (Lipinski definition) is 1. The van der Waals surface area contributed by atoms with Crippen molar-refractivity contribution in [3.8, 4) is 0 Å². The van der Waals surface area contributed by atoms with Gasteiger partial charge < -0.3 is 4.42 Å². The molecule has 1 unspecified atom stereocenters. The minimum atomic E-state index is -4.20. The summed E-state index contributed by atoms with van der Waals surface area (Å²) in [6, 6.07) is 2.81. The van der Waals surface area contributed by atoms with Crippen LogP contribution in [0.2, 0.25) is 0 Å². The lowest BCUT2D eigenvalue weighted by Gasteiger charge is -2.12. The maximum atomic E-state index is 11.8. The number of furan rings is 1. The zero-order valence-electron chi connectivity index (χ0n) is 7.36. The van der Waals surface area contributed by atoms with Crippen molar-refractivity contribution in [1.29, 1.82) is 0 Å². The van der Waals surface area contributed by atoms with E-state index in [4.69, 9.17) is 4.42 Å². The zero-order valence-corrected chi connectivity index (χ0v) is 8.95. The van der Waals surface area contributed by atoms with Crippen LogP contribution in [0.5, 0.6) is 0 Å². The van der Waals surface area contributed by atoms with Crippen LogP contribution in [0, 0.1) is 0 Å². The van der Waals surface area contributed by atoms with Gasteiger partial charge in [-0.05, 0) is 35.0 Å². The lowest BCUT2D eigenvalue weighted by molar-refractivity contribution is -0.126. The van der Waals surface area contributed by atoms with Gasteiger partial charge in [-0.1, -0.05) is 0 Å². The van der Waals surface area contributed by atoms with Crippen molar-refractivity contribution in [2.75, 3.05) is 6.54 Å². The quantitative estimate of drug-likeness (QED) is 0.913. The first-order valence-corrected chi connectivity index (χ1v) is 4.73. The van der Waals surface area contributed by atoms with Gasteiger partial charge >= 0.3 is 6.18 Å². The smallest absolute Gasteiger partial charge is 0.401 e. The van der Waals surface area contributed by atoms with Gasteiger partial charge in [0, 0.05) is 0 Å². The van der Waals surface area contributed by atoms with E-state index in [0.29, 0.717) is 10.4 Å². The van der Waals surface area contributed by atoms with Crippen LogP contribution in [0.3, 0.4) is 0 Å². The Kier molecular flexibility index (Phi) is 3.60. The molecule has 0 saturated carbocycles. The highest BCUT2D eigenvalue weighted by molar-refractivity contribution is 9.10. The second-order valence-electron chi connectivity index (χ2n) is 2.86. The normalized spacial score (nSPS) is 14.4. The molecule has 1 atom stereocenters. The molecular formula is C8H9BrF3NO. The Bertz CT molecular complexity index is 297. The first-order valence-electron chi connectivity index (χ1n) is 3.94. The molecule has 1 N–H and O–H groups in total. The first kappa shape index (κ1) is 11.6. The van der Waals surface area contributed by atoms with Crippen LogP contribution in [0.15, 0.2) is 21.2 Å². The summed E-state index contributed by atoms with van der Waals surface area (Å²) >= 11 is 3.07. The molecule has 0 spiro atoms. The largest absolute Gasteiger partial charge is 0.453 e. The molecule has 0 aliphatic rings. The summed E-state index contributed by atoms with van der Waals surface area (Å²) in [5.41, 5.74) is 0. The molecule has 0 amide bonds. The van der Waals surface area contributed by atoms with E-state index in [9.17, 15) is 13.2 Å². The predicted octanol–water partition coefficient (Wildman–Crippen LogP) is 3.26. The third-order valence-electron chi connectivity index (χ3n) is 1.63. The Labute approximate surface area is 87.6 Å². The summed E-state index contributed by atoms with van der Waals surface area (Å²) < 4.78 is 41.1. The van der Waals surface area contributed by atoms with Crippen molar-refractivity contribution in [1.82, 2.24) is 5.32 Å². The van der Waals surface area contributed by atoms with E-state index in [1.165, 1.54) is 0 Å². The van der Waals surface area contributed by atoms with Crippen molar-refractivity contribution in [3.05, 3.63) is 22.6 Å². The lowest BCUT2D eigenvalue weighted by Crippen LogP contribution is -2.30. The van der Waals surface area contributed by atoms with Crippen molar-refractivity contribution in [3.63, 3.8) is 0 Å². The SMILES string of the molecule is CC(NCC(F)(F)F)c1ccc(Br)o1. The minimum Gasteiger partial charge on any atom is -0.453 e. The summed E-state index contributed by atoms with van der Waals surface area (Å²) in [7, 11) is 0. The maximum absolute atomic E-state index is 11.8. The van der Waals surface area contributed by atoms with Gasteiger partial charge in [0.25, 0.3) is 0 Å². The highest BCUT2D eigenvalue weighted by Crippen LogP contribution is 2.21. The van der Waals surface area contributed by atoms with Gasteiger partial charge in [0.2, 0.25) is 0 Å². The summed E-state index contributed by atoms with van der Waals surface area (Å²) in [6.07, 6.45) is -4.20. The molecule has 0 fully saturated rings. The van der Waals surface area contributed by atoms with Crippen LogP contribution in [-0.4, -0.2) is 12.7 Å². The molecule has 0 aromatic carbocycles. The fourth-order valence-electron chi connectivity index (χ4n) is 0.930. The van der Waals surface area contributed by atoms with Gasteiger partial charge in [-0.15, -0.1) is 0 Å². The number of alkyl halides is 3. The van der Waals surface area contributed by atoms with Crippen LogP contribution in [-0.2, 0) is 0 Å².